The first kappa shape index (κ1) is 24.7. The van der Waals surface area contributed by atoms with Crippen LogP contribution >= 0.6 is 6.04 Å². The van der Waals surface area contributed by atoms with Gasteiger partial charge in [0.2, 0.25) is 0 Å². The summed E-state index contributed by atoms with van der Waals surface area (Å²) in [5, 5.41) is 12.0. The molecule has 0 aliphatic carbocycles. The van der Waals surface area contributed by atoms with E-state index in [-0.39, 0.29) is 0 Å². The number of fused-ring (bicyclic) bond motifs is 10. The Morgan fingerprint density at radius 1 is 0.488 bits per heavy atom. The molecule has 9 aromatic rings. The Labute approximate surface area is 253 Å². The van der Waals surface area contributed by atoms with Crippen LogP contribution in [0.15, 0.2) is 152 Å². The van der Waals surface area contributed by atoms with Gasteiger partial charge in [-0.05, 0) is 61.8 Å². The van der Waals surface area contributed by atoms with Crippen LogP contribution in [0.4, 0.5) is 0 Å². The fraction of sp³-hybridized carbons (Fsp3) is 0. The van der Waals surface area contributed by atoms with Gasteiger partial charge >= 0.3 is 0 Å². The van der Waals surface area contributed by atoms with Crippen molar-refractivity contribution in [1.82, 2.24) is 9.38 Å². The van der Waals surface area contributed by atoms with E-state index in [0.717, 1.165) is 27.6 Å². The second kappa shape index (κ2) is 9.34. The minimum Gasteiger partial charge on any atom is -0.291 e. The molecule has 2 aromatic heterocycles. The summed E-state index contributed by atoms with van der Waals surface area (Å²) in [7, 11) is 0. The highest BCUT2D eigenvalue weighted by Crippen LogP contribution is 2.46. The van der Waals surface area contributed by atoms with Gasteiger partial charge in [-0.2, -0.15) is 0 Å². The van der Waals surface area contributed by atoms with E-state index in [9.17, 15) is 0 Å². The van der Waals surface area contributed by atoms with Crippen molar-refractivity contribution in [3.63, 3.8) is 0 Å². The zero-order valence-electron chi connectivity index (χ0n) is 23.2. The summed E-state index contributed by atoms with van der Waals surface area (Å²) in [4.78, 5) is 5.29. The van der Waals surface area contributed by atoms with Gasteiger partial charge in [-0.25, -0.2) is 4.98 Å². The Balaban J connectivity index is 1.47. The minimum absolute atomic E-state index is 0.967. The molecule has 0 aliphatic rings. The van der Waals surface area contributed by atoms with Crippen LogP contribution in [0.2, 0.25) is 0 Å². The molecule has 0 N–H and O–H groups in total. The molecule has 0 aliphatic heterocycles. The van der Waals surface area contributed by atoms with Crippen molar-refractivity contribution in [3.8, 4) is 0 Å². The summed E-state index contributed by atoms with van der Waals surface area (Å²) in [6, 6.07) is 51.9. The highest BCUT2D eigenvalue weighted by atomic mass is 32.4. The molecule has 9 rings (SSSR count). The molecule has 0 amide bonds. The lowest BCUT2D eigenvalue weighted by molar-refractivity contribution is 1.32. The molecule has 7 aromatic carbocycles. The second-order valence-corrected chi connectivity index (χ2v) is 15.5. The molecule has 202 valence electrons. The number of para-hydroxylation sites is 2. The van der Waals surface area contributed by atoms with E-state index in [0.29, 0.717) is 0 Å². The first-order valence-electron chi connectivity index (χ1n) is 14.5. The third-order valence-electron chi connectivity index (χ3n) is 8.79. The lowest BCUT2D eigenvalue weighted by Gasteiger charge is -2.26. The van der Waals surface area contributed by atoms with Gasteiger partial charge in [0.15, 0.2) is 0 Å². The fourth-order valence-electron chi connectivity index (χ4n) is 6.76. The summed E-state index contributed by atoms with van der Waals surface area (Å²) >= 11 is 7.07. The van der Waals surface area contributed by atoms with Gasteiger partial charge in [0.25, 0.3) is 0 Å². The molecule has 0 saturated carbocycles. The Bertz CT molecular complexity index is 2530. The standard InChI is InChI=1S/C39H25N2PS/c43-42(30-22-20-26-10-1-3-12-28(26)24-30,31-23-21-27-11-2-4-13-29(27)25-31)37-19-9-17-35-38(37)41-36-18-8-7-15-33(36)32-14-5-6-16-34(32)39(41)40-35/h1-25H. The average molecular weight is 585 g/mol. The van der Waals surface area contributed by atoms with Crippen molar-refractivity contribution in [1.29, 1.82) is 0 Å². The van der Waals surface area contributed by atoms with Crippen molar-refractivity contribution < 1.29 is 0 Å². The topological polar surface area (TPSA) is 17.3 Å². The zero-order valence-corrected chi connectivity index (χ0v) is 24.9. The van der Waals surface area contributed by atoms with Gasteiger partial charge in [-0.15, -0.1) is 0 Å². The van der Waals surface area contributed by atoms with Gasteiger partial charge in [-0.3, -0.25) is 4.40 Å². The van der Waals surface area contributed by atoms with E-state index in [2.05, 4.69) is 156 Å². The Hall–Kier alpha value is -4.82. The van der Waals surface area contributed by atoms with Gasteiger partial charge in [0.1, 0.15) is 5.65 Å². The zero-order chi connectivity index (χ0) is 28.5. The smallest absolute Gasteiger partial charge is 0.146 e. The highest BCUT2D eigenvalue weighted by molar-refractivity contribution is 8.25. The van der Waals surface area contributed by atoms with Gasteiger partial charge in [-0.1, -0.05) is 139 Å². The van der Waals surface area contributed by atoms with E-state index >= 15 is 0 Å². The van der Waals surface area contributed by atoms with Gasteiger partial charge in [0.05, 0.1) is 16.6 Å². The largest absolute Gasteiger partial charge is 0.291 e. The first-order valence-corrected chi connectivity index (χ1v) is 17.3. The van der Waals surface area contributed by atoms with Crippen molar-refractivity contribution in [2.24, 2.45) is 0 Å². The monoisotopic (exact) mass is 584 g/mol. The van der Waals surface area contributed by atoms with Gasteiger partial charge < -0.3 is 0 Å². The predicted molar refractivity (Wildman–Crippen MR) is 189 cm³/mol. The normalized spacial score (nSPS) is 12.3. The van der Waals surface area contributed by atoms with Crippen LogP contribution in [-0.2, 0) is 11.8 Å². The average Bonchev–Trinajstić information content (AvgIpc) is 3.48. The quantitative estimate of drug-likeness (QED) is 0.152. The molecule has 43 heavy (non-hydrogen) atoms. The van der Waals surface area contributed by atoms with Crippen molar-refractivity contribution >= 4 is 93.7 Å². The number of hydrogen-bond donors (Lipinski definition) is 0. The minimum atomic E-state index is -2.57. The summed E-state index contributed by atoms with van der Waals surface area (Å²) in [6.07, 6.45) is 0. The molecule has 0 bridgehead atoms. The van der Waals surface area contributed by atoms with Crippen molar-refractivity contribution in [2.75, 3.05) is 0 Å². The molecule has 0 spiro atoms. The molecular weight excluding hydrogens is 559 g/mol. The lowest BCUT2D eigenvalue weighted by atomic mass is 10.1. The maximum Gasteiger partial charge on any atom is 0.146 e. The third kappa shape index (κ3) is 3.59. The fourth-order valence-corrected chi connectivity index (χ4v) is 10.8. The van der Waals surface area contributed by atoms with E-state index in [4.69, 9.17) is 16.8 Å². The number of rotatable bonds is 3. The number of hydrogen-bond acceptors (Lipinski definition) is 2. The van der Waals surface area contributed by atoms with Crippen LogP contribution in [0.5, 0.6) is 0 Å². The van der Waals surface area contributed by atoms with Crippen LogP contribution in [-0.4, -0.2) is 9.38 Å². The second-order valence-electron chi connectivity index (χ2n) is 11.2. The molecule has 0 saturated heterocycles. The summed E-state index contributed by atoms with van der Waals surface area (Å²) in [5.74, 6) is 0. The number of nitrogens with zero attached hydrogens (tertiary/aromatic N) is 2. The summed E-state index contributed by atoms with van der Waals surface area (Å²) < 4.78 is 2.37. The molecule has 4 heteroatoms. The number of benzene rings is 7. The molecule has 0 radical (unpaired) electrons. The Morgan fingerprint density at radius 3 is 1.72 bits per heavy atom. The number of pyridine rings is 1. The predicted octanol–water partition coefficient (Wildman–Crippen LogP) is 8.86. The SMILES string of the molecule is S=P(c1ccc2ccccc2c1)(c1ccc2ccccc2c1)c1cccc2nc3c4ccccc4c4ccccc4n3c12. The third-order valence-corrected chi connectivity index (χ3v) is 13.7. The van der Waals surface area contributed by atoms with E-state index in [1.165, 1.54) is 48.2 Å². The molecule has 2 heterocycles. The van der Waals surface area contributed by atoms with Crippen LogP contribution in [0, 0.1) is 0 Å². The molecule has 0 unspecified atom stereocenters. The maximum atomic E-state index is 7.07. The highest BCUT2D eigenvalue weighted by Gasteiger charge is 2.30. The summed E-state index contributed by atoms with van der Waals surface area (Å²) in [6.45, 7) is 0. The molecule has 0 atom stereocenters. The molecule has 0 fully saturated rings. The first-order chi connectivity index (χ1) is 21.2. The number of imidazole rings is 1. The van der Waals surface area contributed by atoms with E-state index in [1.807, 2.05) is 0 Å². The Kier molecular flexibility index (Phi) is 5.38. The van der Waals surface area contributed by atoms with Crippen molar-refractivity contribution in [2.45, 2.75) is 0 Å². The summed E-state index contributed by atoms with van der Waals surface area (Å²) in [5.41, 5.74) is 4.18. The van der Waals surface area contributed by atoms with Crippen LogP contribution in [0.25, 0.3) is 59.9 Å². The van der Waals surface area contributed by atoms with Crippen LogP contribution < -0.4 is 15.9 Å². The van der Waals surface area contributed by atoms with Gasteiger partial charge in [0, 0.05) is 22.1 Å². The Morgan fingerprint density at radius 2 is 1.05 bits per heavy atom. The maximum absolute atomic E-state index is 7.07. The van der Waals surface area contributed by atoms with Crippen LogP contribution in [0.3, 0.4) is 0 Å². The molecular formula is C39H25N2PS. The number of aromatic nitrogens is 2. The van der Waals surface area contributed by atoms with Crippen LogP contribution in [0.1, 0.15) is 0 Å². The van der Waals surface area contributed by atoms with E-state index < -0.39 is 6.04 Å². The molecule has 2 nitrogen and oxygen atoms in total. The lowest BCUT2D eigenvalue weighted by Crippen LogP contribution is -2.26. The van der Waals surface area contributed by atoms with E-state index in [1.54, 1.807) is 0 Å². The van der Waals surface area contributed by atoms with Crippen molar-refractivity contribution in [3.05, 3.63) is 152 Å².